The number of nitrogens with one attached hydrogen (secondary N) is 2. The average Bonchev–Trinajstić information content (AvgIpc) is 3.62. The smallest absolute Gasteiger partial charge is 0.270 e. The van der Waals surface area contributed by atoms with Gasteiger partial charge in [0.1, 0.15) is 5.69 Å². The molecule has 0 radical (unpaired) electrons. The number of fused-ring (bicyclic) bond motifs is 1. The number of halogens is 4. The number of hydrogen-bond donors (Lipinski definition) is 2. The Morgan fingerprint density at radius 2 is 1.95 bits per heavy atom. The molecule has 2 aliphatic carbocycles. The molecule has 2 atom stereocenters. The third kappa shape index (κ3) is 6.74. The first kappa shape index (κ1) is 24.0. The molecule has 2 amide bonds. The zero-order valence-electron chi connectivity index (χ0n) is 27.8. The third-order valence-electron chi connectivity index (χ3n) is 7.90. The molecule has 0 aliphatic heterocycles. The second-order valence-electron chi connectivity index (χ2n) is 11.1. The molecule has 2 aliphatic rings. The first-order valence-corrected chi connectivity index (χ1v) is 13.6. The van der Waals surface area contributed by atoms with Crippen molar-refractivity contribution < 1.29 is 38.7 Å². The normalized spacial score (nSPS) is 22.5. The summed E-state index contributed by atoms with van der Waals surface area (Å²) in [6.45, 7) is -6.13. The van der Waals surface area contributed by atoms with Gasteiger partial charge in [-0.1, -0.05) is 0 Å². The minimum absolute atomic E-state index is 0.0364. The Morgan fingerprint density at radius 3 is 2.64 bits per heavy atom. The predicted octanol–water partition coefficient (Wildman–Crippen LogP) is 4.48. The van der Waals surface area contributed by atoms with Gasteiger partial charge in [0.25, 0.3) is 5.91 Å². The summed E-state index contributed by atoms with van der Waals surface area (Å²) in [6.07, 6.45) is 2.54. The highest BCUT2D eigenvalue weighted by Gasteiger charge is 2.46. The lowest BCUT2D eigenvalue weighted by molar-refractivity contribution is -0.134. The summed E-state index contributed by atoms with van der Waals surface area (Å²) in [5.41, 5.74) is 0.666. The monoisotopic (exact) mass is 598 g/mol. The maximum absolute atomic E-state index is 14.1. The van der Waals surface area contributed by atoms with E-state index >= 15 is 0 Å². The summed E-state index contributed by atoms with van der Waals surface area (Å²) in [6, 6.07) is 1.14. The summed E-state index contributed by atoms with van der Waals surface area (Å²) in [7, 11) is 1.43. The number of carbonyl (C=O) groups excluding carboxylic acids is 2. The van der Waals surface area contributed by atoms with Crippen LogP contribution in [0.2, 0.25) is 0 Å². The van der Waals surface area contributed by atoms with E-state index in [2.05, 4.69) is 25.8 Å². The summed E-state index contributed by atoms with van der Waals surface area (Å²) in [4.78, 5) is 30.7. The Labute approximate surface area is 247 Å². The van der Waals surface area contributed by atoms with Gasteiger partial charge < -0.3 is 15.4 Å². The number of nitrogens with zero attached hydrogens (tertiary/aromatic N) is 5. The van der Waals surface area contributed by atoms with E-state index in [1.165, 1.54) is 24.0 Å². The Hall–Kier alpha value is -3.55. The number of hydrogen-bond acceptors (Lipinski definition) is 6. The first-order chi connectivity index (χ1) is 21.9. The minimum atomic E-state index is -3.15. The van der Waals surface area contributed by atoms with Crippen LogP contribution in [0.15, 0.2) is 30.7 Å². The molecule has 3 aromatic rings. The lowest BCUT2D eigenvalue weighted by atomic mass is 9.79. The van der Waals surface area contributed by atoms with Crippen molar-refractivity contribution >= 4 is 17.5 Å². The average molecular weight is 599 g/mol. The molecule has 0 bridgehead atoms. The minimum Gasteiger partial charge on any atom is -0.382 e. The van der Waals surface area contributed by atoms with E-state index in [0.29, 0.717) is 10.2 Å². The fraction of sp³-hybridized carbons (Fsp3) is 0.607. The number of alkyl halides is 4. The molecule has 3 aromatic heterocycles. The molecule has 2 fully saturated rings. The largest absolute Gasteiger partial charge is 0.382 e. The van der Waals surface area contributed by atoms with Gasteiger partial charge in [0.15, 0.2) is 5.65 Å². The van der Waals surface area contributed by atoms with E-state index in [1.807, 2.05) is 0 Å². The van der Waals surface area contributed by atoms with Crippen LogP contribution in [0.1, 0.15) is 92.5 Å². The quantitative estimate of drug-likeness (QED) is 0.315. The molecule has 2 saturated carbocycles. The Morgan fingerprint density at radius 1 is 1.19 bits per heavy atom. The van der Waals surface area contributed by atoms with Crippen molar-refractivity contribution in [1.82, 2.24) is 35.0 Å². The SMILES string of the molecule is [2H]C([2H])([2H])C([2H])([2H])n1nccc1C(=O)N[C@H](c1cn2ncc([C@H](COC)NC(=O)CC3CC(F)(F)C3)cc2n1)C1CCC(F)(F)CC1. The second-order valence-corrected chi connectivity index (χ2v) is 11.1. The van der Waals surface area contributed by atoms with Crippen LogP contribution in [-0.2, 0) is 16.0 Å². The maximum Gasteiger partial charge on any atom is 0.270 e. The van der Waals surface area contributed by atoms with Gasteiger partial charge in [0.2, 0.25) is 17.8 Å². The summed E-state index contributed by atoms with van der Waals surface area (Å²) >= 11 is 0. The Kier molecular flexibility index (Phi) is 6.83. The van der Waals surface area contributed by atoms with Gasteiger partial charge in [0, 0.05) is 61.6 Å². The van der Waals surface area contributed by atoms with Gasteiger partial charge in [-0.2, -0.15) is 10.2 Å². The highest BCUT2D eigenvalue weighted by Crippen LogP contribution is 2.44. The number of methoxy groups -OCH3 is 1. The van der Waals surface area contributed by atoms with Crippen molar-refractivity contribution in [3.8, 4) is 0 Å². The number of imidazole rings is 1. The van der Waals surface area contributed by atoms with Gasteiger partial charge >= 0.3 is 0 Å². The lowest BCUT2D eigenvalue weighted by Gasteiger charge is -2.34. The fourth-order valence-electron chi connectivity index (χ4n) is 5.69. The number of rotatable bonds is 11. The van der Waals surface area contributed by atoms with Crippen LogP contribution in [0.3, 0.4) is 0 Å². The van der Waals surface area contributed by atoms with E-state index in [0.717, 1.165) is 12.3 Å². The number of carbonyl (C=O) groups is 2. The maximum atomic E-state index is 14.1. The molecule has 0 saturated heterocycles. The van der Waals surface area contributed by atoms with Crippen molar-refractivity contribution in [2.45, 2.75) is 82.2 Å². The van der Waals surface area contributed by atoms with E-state index in [4.69, 9.17) is 11.6 Å². The number of ether oxygens (including phenoxy) is 1. The molecule has 5 rings (SSSR count). The van der Waals surface area contributed by atoms with Crippen molar-refractivity contribution in [3.05, 3.63) is 47.7 Å². The molecule has 0 aromatic carbocycles. The van der Waals surface area contributed by atoms with Crippen molar-refractivity contribution in [1.29, 1.82) is 0 Å². The molecule has 0 spiro atoms. The first-order valence-electron chi connectivity index (χ1n) is 16.1. The van der Waals surface area contributed by atoms with Crippen LogP contribution in [0, 0.1) is 11.8 Å². The van der Waals surface area contributed by atoms with Crippen LogP contribution in [0.4, 0.5) is 17.6 Å². The standard InChI is InChI=1S/C28H35F4N7O3/c1-3-38-22(6-9-33-38)26(41)37-25(18-4-7-27(29,30)8-5-18)20-15-39-23(35-20)11-19(14-34-39)21(16-42-2)36-24(40)10-17-12-28(31,32)13-17/h6,9,11,14-15,17-18,21,25H,3-5,7-8,10,12-13,16H2,1-2H3,(H,36,40)(H,37,41)/t21-,25-/m0/s1/i1D3,3D2. The fourth-order valence-corrected chi connectivity index (χ4v) is 5.69. The van der Waals surface area contributed by atoms with Crippen LogP contribution in [-0.4, -0.2) is 61.8 Å². The molecule has 2 N–H and O–H groups in total. The van der Waals surface area contributed by atoms with Crippen LogP contribution in [0.25, 0.3) is 5.65 Å². The van der Waals surface area contributed by atoms with Gasteiger partial charge in [0.05, 0.1) is 39.5 Å². The zero-order chi connectivity index (χ0) is 34.4. The highest BCUT2D eigenvalue weighted by molar-refractivity contribution is 5.92. The Bertz CT molecular complexity index is 1600. The van der Waals surface area contributed by atoms with E-state index in [-0.39, 0.29) is 55.7 Å². The lowest BCUT2D eigenvalue weighted by Crippen LogP contribution is -2.40. The van der Waals surface area contributed by atoms with E-state index in [9.17, 15) is 27.2 Å². The van der Waals surface area contributed by atoms with E-state index in [1.54, 1.807) is 6.07 Å². The third-order valence-corrected chi connectivity index (χ3v) is 7.90. The molecule has 10 nitrogen and oxygen atoms in total. The molecule has 3 heterocycles. The van der Waals surface area contributed by atoms with Crippen molar-refractivity contribution in [2.75, 3.05) is 13.7 Å². The molecular weight excluding hydrogens is 558 g/mol. The summed E-state index contributed by atoms with van der Waals surface area (Å²) < 4.78 is 101. The van der Waals surface area contributed by atoms with E-state index < -0.39 is 73.8 Å². The number of amides is 2. The topological polar surface area (TPSA) is 115 Å². The molecule has 14 heteroatoms. The summed E-state index contributed by atoms with van der Waals surface area (Å²) in [5.74, 6) is -7.83. The van der Waals surface area contributed by atoms with Gasteiger partial charge in [-0.05, 0) is 43.7 Å². The Balaban J connectivity index is 1.40. The van der Waals surface area contributed by atoms with Crippen molar-refractivity contribution in [2.24, 2.45) is 11.8 Å². The molecule has 0 unspecified atom stereocenters. The van der Waals surface area contributed by atoms with Crippen LogP contribution >= 0.6 is 0 Å². The summed E-state index contributed by atoms with van der Waals surface area (Å²) in [5, 5.41) is 13.6. The van der Waals surface area contributed by atoms with Crippen molar-refractivity contribution in [3.63, 3.8) is 0 Å². The molecule has 228 valence electrons. The molecular formula is C28H35F4N7O3. The molecule has 42 heavy (non-hydrogen) atoms. The predicted molar refractivity (Wildman–Crippen MR) is 143 cm³/mol. The van der Waals surface area contributed by atoms with Gasteiger partial charge in [-0.25, -0.2) is 27.1 Å². The van der Waals surface area contributed by atoms with Crippen LogP contribution < -0.4 is 10.6 Å². The van der Waals surface area contributed by atoms with Gasteiger partial charge in [-0.3, -0.25) is 14.3 Å². The number of aromatic nitrogens is 5. The second kappa shape index (κ2) is 12.0. The van der Waals surface area contributed by atoms with Gasteiger partial charge in [-0.15, -0.1) is 0 Å². The van der Waals surface area contributed by atoms with Crippen LogP contribution in [0.5, 0.6) is 0 Å². The zero-order valence-corrected chi connectivity index (χ0v) is 22.8. The highest BCUT2D eigenvalue weighted by atomic mass is 19.3. The number of aryl methyl sites for hydroxylation is 1.